The molecule has 168 valence electrons. The monoisotopic (exact) mass is 432 g/mol. The number of rotatable bonds is 9. The number of piperazine rings is 1. The van der Waals surface area contributed by atoms with Crippen molar-refractivity contribution in [3.05, 3.63) is 30.4 Å². The molecular weight excluding hydrogens is 404 g/mol. The molecule has 1 saturated heterocycles. The number of nitrogens with one attached hydrogen (secondary N) is 1. The van der Waals surface area contributed by atoms with Crippen molar-refractivity contribution in [1.82, 2.24) is 25.3 Å². The Labute approximate surface area is 180 Å². The summed E-state index contributed by atoms with van der Waals surface area (Å²) in [4.78, 5) is 43.5. The standard InChI is InChI=1S/C18H24N8O3.CH4O/c19-15-12-23-18(24-13-15)26-5-3-25(4-6-26)17-21-10-14(11-22-17)16(28)20-2-9-29-8-1-7-27;1-2/h7,10-13H,1-6,8-9,19H2,(H,20,28);2H,1H3. The number of aliphatic hydroxyl groups is 1. The summed E-state index contributed by atoms with van der Waals surface area (Å²) in [5, 5.41) is 9.73. The van der Waals surface area contributed by atoms with Crippen molar-refractivity contribution < 1.29 is 19.4 Å². The molecule has 1 aliphatic rings. The molecule has 0 aliphatic carbocycles. The van der Waals surface area contributed by atoms with Crippen LogP contribution in [0.25, 0.3) is 0 Å². The maximum absolute atomic E-state index is 12.1. The van der Waals surface area contributed by atoms with Crippen LogP contribution in [0.1, 0.15) is 16.8 Å². The molecule has 1 fully saturated rings. The third kappa shape index (κ3) is 7.42. The van der Waals surface area contributed by atoms with Gasteiger partial charge < -0.3 is 35.5 Å². The number of carbonyl (C=O) groups is 2. The Bertz CT molecular complexity index is 796. The Hall–Kier alpha value is -3.38. The fraction of sp³-hybridized carbons (Fsp3) is 0.474. The van der Waals surface area contributed by atoms with Gasteiger partial charge in [0.05, 0.1) is 36.9 Å². The Kier molecular flexibility index (Phi) is 10.0. The summed E-state index contributed by atoms with van der Waals surface area (Å²) in [6.45, 7) is 3.97. The van der Waals surface area contributed by atoms with Crippen LogP contribution in [0.15, 0.2) is 24.8 Å². The van der Waals surface area contributed by atoms with Gasteiger partial charge in [0.25, 0.3) is 5.91 Å². The highest BCUT2D eigenvalue weighted by molar-refractivity contribution is 5.93. The fourth-order valence-electron chi connectivity index (χ4n) is 2.78. The van der Waals surface area contributed by atoms with Gasteiger partial charge in [0.1, 0.15) is 6.29 Å². The third-order valence-electron chi connectivity index (χ3n) is 4.32. The molecule has 4 N–H and O–H groups in total. The number of carbonyl (C=O) groups excluding carboxylic acids is 2. The van der Waals surface area contributed by atoms with E-state index in [9.17, 15) is 9.59 Å². The van der Waals surface area contributed by atoms with Crippen LogP contribution in [0.5, 0.6) is 0 Å². The summed E-state index contributed by atoms with van der Waals surface area (Å²) in [7, 11) is 1.00. The van der Waals surface area contributed by atoms with Gasteiger partial charge in [-0.25, -0.2) is 19.9 Å². The SMILES string of the molecule is CO.Nc1cnc(N2CCN(c3ncc(C(=O)NCCOCCC=O)cn3)CC2)nc1. The maximum Gasteiger partial charge on any atom is 0.254 e. The predicted octanol–water partition coefficient (Wildman–Crippen LogP) is -0.881. The van der Waals surface area contributed by atoms with Crippen LogP contribution < -0.4 is 20.9 Å². The van der Waals surface area contributed by atoms with E-state index in [0.29, 0.717) is 49.3 Å². The first-order valence-corrected chi connectivity index (χ1v) is 9.81. The van der Waals surface area contributed by atoms with Crippen molar-refractivity contribution >= 4 is 29.8 Å². The molecule has 2 aromatic heterocycles. The lowest BCUT2D eigenvalue weighted by Crippen LogP contribution is -2.47. The van der Waals surface area contributed by atoms with Gasteiger partial charge in [0, 0.05) is 58.6 Å². The summed E-state index contributed by atoms with van der Waals surface area (Å²) in [5.74, 6) is 0.972. The van der Waals surface area contributed by atoms with Gasteiger partial charge in [0.15, 0.2) is 0 Å². The van der Waals surface area contributed by atoms with E-state index in [1.807, 2.05) is 0 Å². The van der Waals surface area contributed by atoms with Crippen molar-refractivity contribution in [2.45, 2.75) is 6.42 Å². The highest BCUT2D eigenvalue weighted by Crippen LogP contribution is 2.15. The molecule has 0 saturated carbocycles. The largest absolute Gasteiger partial charge is 0.400 e. The zero-order valence-corrected chi connectivity index (χ0v) is 17.5. The van der Waals surface area contributed by atoms with Crippen molar-refractivity contribution in [2.24, 2.45) is 0 Å². The molecule has 2 aromatic rings. The first-order chi connectivity index (χ1) is 15.2. The first kappa shape index (κ1) is 23.9. The minimum atomic E-state index is -0.263. The third-order valence-corrected chi connectivity index (χ3v) is 4.32. The number of aromatic nitrogens is 4. The van der Waals surface area contributed by atoms with E-state index < -0.39 is 0 Å². The molecule has 12 heteroatoms. The van der Waals surface area contributed by atoms with Crippen LogP contribution in [0.2, 0.25) is 0 Å². The molecule has 3 heterocycles. The number of amides is 1. The molecule has 0 unspecified atom stereocenters. The molecule has 12 nitrogen and oxygen atoms in total. The zero-order valence-electron chi connectivity index (χ0n) is 17.5. The Morgan fingerprint density at radius 2 is 1.55 bits per heavy atom. The smallest absolute Gasteiger partial charge is 0.254 e. The quantitative estimate of drug-likeness (QED) is 0.333. The minimum Gasteiger partial charge on any atom is -0.400 e. The highest BCUT2D eigenvalue weighted by atomic mass is 16.5. The molecule has 1 amide bonds. The first-order valence-electron chi connectivity index (χ1n) is 9.81. The number of nitrogens with two attached hydrogens (primary N) is 1. The lowest BCUT2D eigenvalue weighted by molar-refractivity contribution is -0.108. The molecule has 1 aliphatic heterocycles. The summed E-state index contributed by atoms with van der Waals surface area (Å²) in [6.07, 6.45) is 7.37. The Balaban J connectivity index is 0.00000166. The van der Waals surface area contributed by atoms with Crippen LogP contribution in [-0.2, 0) is 9.53 Å². The van der Waals surface area contributed by atoms with Gasteiger partial charge >= 0.3 is 0 Å². The van der Waals surface area contributed by atoms with E-state index in [0.717, 1.165) is 39.6 Å². The van der Waals surface area contributed by atoms with E-state index in [1.54, 1.807) is 12.4 Å². The van der Waals surface area contributed by atoms with Crippen molar-refractivity contribution in [3.63, 3.8) is 0 Å². The minimum absolute atomic E-state index is 0.263. The van der Waals surface area contributed by atoms with E-state index in [2.05, 4.69) is 35.1 Å². The molecule has 3 rings (SSSR count). The average Bonchev–Trinajstić information content (AvgIpc) is 2.83. The van der Waals surface area contributed by atoms with E-state index in [-0.39, 0.29) is 5.91 Å². The molecular formula is C19H28N8O4. The van der Waals surface area contributed by atoms with Crippen molar-refractivity contribution in [1.29, 1.82) is 0 Å². The van der Waals surface area contributed by atoms with Gasteiger partial charge in [-0.3, -0.25) is 4.79 Å². The number of nitrogens with zero attached hydrogens (tertiary/aromatic N) is 6. The molecule has 31 heavy (non-hydrogen) atoms. The number of hydrogen-bond acceptors (Lipinski definition) is 11. The summed E-state index contributed by atoms with van der Waals surface area (Å²) >= 11 is 0. The van der Waals surface area contributed by atoms with E-state index in [4.69, 9.17) is 15.6 Å². The van der Waals surface area contributed by atoms with Crippen LogP contribution in [0.3, 0.4) is 0 Å². The van der Waals surface area contributed by atoms with Crippen LogP contribution in [0, 0.1) is 0 Å². The Morgan fingerprint density at radius 3 is 2.06 bits per heavy atom. The number of nitrogen functional groups attached to an aromatic ring is 1. The number of aliphatic hydroxyl groups excluding tert-OH is 1. The summed E-state index contributed by atoms with van der Waals surface area (Å²) in [5.41, 5.74) is 6.55. The second-order valence-corrected chi connectivity index (χ2v) is 6.39. The Morgan fingerprint density at radius 1 is 1.03 bits per heavy atom. The predicted molar refractivity (Wildman–Crippen MR) is 115 cm³/mol. The van der Waals surface area contributed by atoms with Crippen LogP contribution >= 0.6 is 0 Å². The normalized spacial score (nSPS) is 13.2. The number of aldehydes is 1. The summed E-state index contributed by atoms with van der Waals surface area (Å²) < 4.78 is 5.20. The molecule has 0 spiro atoms. The maximum atomic E-state index is 12.1. The van der Waals surface area contributed by atoms with Crippen molar-refractivity contribution in [3.8, 4) is 0 Å². The van der Waals surface area contributed by atoms with Crippen LogP contribution in [-0.4, -0.2) is 90.3 Å². The van der Waals surface area contributed by atoms with Crippen molar-refractivity contribution in [2.75, 3.05) is 68.6 Å². The second-order valence-electron chi connectivity index (χ2n) is 6.39. The number of anilines is 3. The summed E-state index contributed by atoms with van der Waals surface area (Å²) in [6, 6.07) is 0. The molecule has 0 radical (unpaired) electrons. The van der Waals surface area contributed by atoms with Crippen LogP contribution in [0.4, 0.5) is 17.6 Å². The van der Waals surface area contributed by atoms with Gasteiger partial charge in [-0.15, -0.1) is 0 Å². The average molecular weight is 432 g/mol. The highest BCUT2D eigenvalue weighted by Gasteiger charge is 2.21. The van der Waals surface area contributed by atoms with Gasteiger partial charge in [-0.1, -0.05) is 0 Å². The van der Waals surface area contributed by atoms with Gasteiger partial charge in [-0.05, 0) is 0 Å². The molecule has 0 aromatic carbocycles. The zero-order chi connectivity index (χ0) is 22.5. The van der Waals surface area contributed by atoms with E-state index in [1.165, 1.54) is 12.4 Å². The lowest BCUT2D eigenvalue weighted by Gasteiger charge is -2.34. The van der Waals surface area contributed by atoms with E-state index >= 15 is 0 Å². The number of hydrogen-bond donors (Lipinski definition) is 3. The van der Waals surface area contributed by atoms with Gasteiger partial charge in [0.2, 0.25) is 11.9 Å². The van der Waals surface area contributed by atoms with Gasteiger partial charge in [-0.2, -0.15) is 0 Å². The molecule has 0 atom stereocenters. The lowest BCUT2D eigenvalue weighted by atomic mass is 10.3. The molecule has 0 bridgehead atoms. The number of ether oxygens (including phenoxy) is 1. The second kappa shape index (κ2) is 13.0. The topological polar surface area (TPSA) is 160 Å². The fourth-order valence-corrected chi connectivity index (χ4v) is 2.78.